The van der Waals surface area contributed by atoms with Gasteiger partial charge in [-0.1, -0.05) is 66.7 Å². The van der Waals surface area contributed by atoms with Crippen molar-refractivity contribution >= 4 is 0 Å². The van der Waals surface area contributed by atoms with Crippen LogP contribution in [0.25, 0.3) is 0 Å². The molecule has 0 fully saturated rings. The SMILES string of the molecule is CCCCCCC(CO)CCC(C)CC(C)(C)C. The molecule has 0 heterocycles. The molecule has 1 heteroatoms. The zero-order valence-corrected chi connectivity index (χ0v) is 13.5. The first-order chi connectivity index (χ1) is 8.39. The quantitative estimate of drug-likeness (QED) is 0.518. The van der Waals surface area contributed by atoms with Gasteiger partial charge in [0.1, 0.15) is 0 Å². The highest BCUT2D eigenvalue weighted by Crippen LogP contribution is 2.28. The summed E-state index contributed by atoms with van der Waals surface area (Å²) in [5.41, 5.74) is 0.440. The summed E-state index contributed by atoms with van der Waals surface area (Å²) in [6.07, 6.45) is 10.3. The van der Waals surface area contributed by atoms with Crippen LogP contribution in [0.4, 0.5) is 0 Å². The summed E-state index contributed by atoms with van der Waals surface area (Å²) in [6, 6.07) is 0. The normalized spacial score (nSPS) is 15.7. The molecule has 1 nitrogen and oxygen atoms in total. The maximum Gasteiger partial charge on any atom is 0.0459 e. The van der Waals surface area contributed by atoms with Gasteiger partial charge in [-0.25, -0.2) is 0 Å². The van der Waals surface area contributed by atoms with Crippen LogP contribution in [0, 0.1) is 17.3 Å². The fraction of sp³-hybridized carbons (Fsp3) is 1.00. The van der Waals surface area contributed by atoms with E-state index in [1.807, 2.05) is 0 Å². The molecule has 0 aliphatic heterocycles. The van der Waals surface area contributed by atoms with Crippen molar-refractivity contribution in [3.63, 3.8) is 0 Å². The third-order valence-electron chi connectivity index (χ3n) is 3.75. The molecule has 0 amide bonds. The van der Waals surface area contributed by atoms with Crippen LogP contribution >= 0.6 is 0 Å². The van der Waals surface area contributed by atoms with Gasteiger partial charge in [-0.15, -0.1) is 0 Å². The predicted octanol–water partition coefficient (Wildman–Crippen LogP) is 5.42. The van der Waals surface area contributed by atoms with E-state index in [4.69, 9.17) is 0 Å². The Balaban J connectivity index is 3.72. The van der Waals surface area contributed by atoms with Crippen LogP contribution in [0.15, 0.2) is 0 Å². The minimum absolute atomic E-state index is 0.383. The van der Waals surface area contributed by atoms with E-state index in [1.165, 1.54) is 51.4 Å². The molecule has 0 spiro atoms. The molecule has 1 N–H and O–H groups in total. The molecule has 2 atom stereocenters. The van der Waals surface area contributed by atoms with E-state index in [0.717, 1.165) is 5.92 Å². The van der Waals surface area contributed by atoms with Crippen LogP contribution in [0.3, 0.4) is 0 Å². The van der Waals surface area contributed by atoms with E-state index < -0.39 is 0 Å². The van der Waals surface area contributed by atoms with Gasteiger partial charge in [0.05, 0.1) is 0 Å². The molecule has 0 bridgehead atoms. The van der Waals surface area contributed by atoms with Crippen molar-refractivity contribution in [1.29, 1.82) is 0 Å². The Morgan fingerprint density at radius 3 is 2.11 bits per heavy atom. The molecule has 0 radical (unpaired) electrons. The van der Waals surface area contributed by atoms with Gasteiger partial charge in [0.15, 0.2) is 0 Å². The van der Waals surface area contributed by atoms with Crippen molar-refractivity contribution in [2.45, 2.75) is 86.0 Å². The second-order valence-corrected chi connectivity index (χ2v) is 7.35. The molecule has 18 heavy (non-hydrogen) atoms. The van der Waals surface area contributed by atoms with E-state index in [-0.39, 0.29) is 0 Å². The van der Waals surface area contributed by atoms with Gasteiger partial charge in [-0.2, -0.15) is 0 Å². The highest BCUT2D eigenvalue weighted by molar-refractivity contribution is 4.68. The second-order valence-electron chi connectivity index (χ2n) is 7.35. The molecule has 0 saturated carbocycles. The van der Waals surface area contributed by atoms with Crippen LogP contribution in [0.2, 0.25) is 0 Å². The lowest BCUT2D eigenvalue weighted by Gasteiger charge is -2.24. The van der Waals surface area contributed by atoms with Gasteiger partial charge in [-0.3, -0.25) is 0 Å². The van der Waals surface area contributed by atoms with E-state index in [9.17, 15) is 5.11 Å². The van der Waals surface area contributed by atoms with Gasteiger partial charge in [-0.05, 0) is 36.5 Å². The number of hydrogen-bond donors (Lipinski definition) is 1. The topological polar surface area (TPSA) is 20.2 Å². The molecule has 110 valence electrons. The summed E-state index contributed by atoms with van der Waals surface area (Å²) in [7, 11) is 0. The lowest BCUT2D eigenvalue weighted by atomic mass is 9.82. The zero-order valence-electron chi connectivity index (χ0n) is 13.5. The van der Waals surface area contributed by atoms with Crippen LogP contribution in [0.5, 0.6) is 0 Å². The van der Waals surface area contributed by atoms with Gasteiger partial charge in [0.25, 0.3) is 0 Å². The van der Waals surface area contributed by atoms with E-state index in [2.05, 4.69) is 34.6 Å². The Kier molecular flexibility index (Phi) is 9.81. The van der Waals surface area contributed by atoms with Crippen molar-refractivity contribution < 1.29 is 5.11 Å². The molecular weight excluding hydrogens is 220 g/mol. The van der Waals surface area contributed by atoms with Crippen molar-refractivity contribution in [1.82, 2.24) is 0 Å². The highest BCUT2D eigenvalue weighted by atomic mass is 16.3. The molecule has 0 aliphatic rings. The molecule has 0 aliphatic carbocycles. The minimum Gasteiger partial charge on any atom is -0.396 e. The first-order valence-corrected chi connectivity index (χ1v) is 8.00. The lowest BCUT2D eigenvalue weighted by Crippen LogP contribution is -2.13. The zero-order chi connectivity index (χ0) is 14.0. The molecule has 0 saturated heterocycles. The third kappa shape index (κ3) is 11.1. The Morgan fingerprint density at radius 2 is 1.61 bits per heavy atom. The van der Waals surface area contributed by atoms with Gasteiger partial charge in [0.2, 0.25) is 0 Å². The number of hydrogen-bond acceptors (Lipinski definition) is 1. The largest absolute Gasteiger partial charge is 0.396 e. The highest BCUT2D eigenvalue weighted by Gasteiger charge is 2.16. The molecule has 0 aromatic carbocycles. The summed E-state index contributed by atoms with van der Waals surface area (Å²) in [4.78, 5) is 0. The standard InChI is InChI=1S/C17H36O/c1-6-7-8-9-10-16(14-18)12-11-15(2)13-17(3,4)5/h15-16,18H,6-14H2,1-5H3. The first kappa shape index (κ1) is 18.0. The number of unbranched alkanes of at least 4 members (excludes halogenated alkanes) is 3. The van der Waals surface area contributed by atoms with E-state index >= 15 is 0 Å². The van der Waals surface area contributed by atoms with Gasteiger partial charge >= 0.3 is 0 Å². The average molecular weight is 256 g/mol. The smallest absolute Gasteiger partial charge is 0.0459 e. The first-order valence-electron chi connectivity index (χ1n) is 8.00. The number of aliphatic hydroxyl groups is 1. The van der Waals surface area contributed by atoms with Crippen molar-refractivity contribution in [3.8, 4) is 0 Å². The van der Waals surface area contributed by atoms with Crippen molar-refractivity contribution in [3.05, 3.63) is 0 Å². The average Bonchev–Trinajstić information content (AvgIpc) is 2.26. The fourth-order valence-corrected chi connectivity index (χ4v) is 2.85. The van der Waals surface area contributed by atoms with E-state index in [0.29, 0.717) is 17.9 Å². The molecule has 0 aromatic rings. The monoisotopic (exact) mass is 256 g/mol. The molecular formula is C17H36O. The summed E-state index contributed by atoms with van der Waals surface area (Å²) in [6.45, 7) is 11.9. The summed E-state index contributed by atoms with van der Waals surface area (Å²) in [5, 5.41) is 9.43. The summed E-state index contributed by atoms with van der Waals surface area (Å²) < 4.78 is 0. The lowest BCUT2D eigenvalue weighted by molar-refractivity contribution is 0.193. The second kappa shape index (κ2) is 9.83. The maximum absolute atomic E-state index is 9.43. The maximum atomic E-state index is 9.43. The van der Waals surface area contributed by atoms with Crippen LogP contribution in [0.1, 0.15) is 86.0 Å². The Morgan fingerprint density at radius 1 is 0.944 bits per heavy atom. The van der Waals surface area contributed by atoms with Crippen LogP contribution < -0.4 is 0 Å². The number of aliphatic hydroxyl groups excluding tert-OH is 1. The molecule has 2 unspecified atom stereocenters. The Hall–Kier alpha value is -0.0400. The predicted molar refractivity (Wildman–Crippen MR) is 81.8 cm³/mol. The van der Waals surface area contributed by atoms with Crippen LogP contribution in [-0.4, -0.2) is 11.7 Å². The Bertz CT molecular complexity index is 181. The van der Waals surface area contributed by atoms with Gasteiger partial charge in [0, 0.05) is 6.61 Å². The Labute approximate surface area is 115 Å². The number of rotatable bonds is 10. The van der Waals surface area contributed by atoms with Crippen molar-refractivity contribution in [2.24, 2.45) is 17.3 Å². The summed E-state index contributed by atoms with van der Waals surface area (Å²) in [5.74, 6) is 1.33. The minimum atomic E-state index is 0.383. The van der Waals surface area contributed by atoms with Gasteiger partial charge < -0.3 is 5.11 Å². The molecule has 0 aromatic heterocycles. The summed E-state index contributed by atoms with van der Waals surface area (Å²) >= 11 is 0. The fourth-order valence-electron chi connectivity index (χ4n) is 2.85. The van der Waals surface area contributed by atoms with Crippen molar-refractivity contribution in [2.75, 3.05) is 6.61 Å². The third-order valence-corrected chi connectivity index (χ3v) is 3.75. The molecule has 0 rings (SSSR count). The van der Waals surface area contributed by atoms with E-state index in [1.54, 1.807) is 0 Å². The van der Waals surface area contributed by atoms with Crippen LogP contribution in [-0.2, 0) is 0 Å².